The van der Waals surface area contributed by atoms with Crippen LogP contribution in [0.1, 0.15) is 158 Å². The predicted molar refractivity (Wildman–Crippen MR) is 250 cm³/mol. The minimum absolute atomic E-state index is 0.782. The lowest BCUT2D eigenvalue weighted by Gasteiger charge is -2.10. The van der Waals surface area contributed by atoms with Gasteiger partial charge in [-0.05, 0) is 75.5 Å². The summed E-state index contributed by atoms with van der Waals surface area (Å²) in [5.74, 6) is 3.13. The number of primary amides is 1. The molecule has 2 aliphatic heterocycles. The number of rotatable bonds is 20. The van der Waals surface area contributed by atoms with E-state index in [0.29, 0.717) is 0 Å². The van der Waals surface area contributed by atoms with Crippen LogP contribution in [0.5, 0.6) is 0 Å². The largest absolute Gasteiger partial charge is 0.503 e. The minimum Gasteiger partial charge on any atom is -0.465 e. The average Bonchev–Trinajstić information content (AvgIpc) is 3.24. The number of ether oxygens (including phenoxy) is 2. The summed E-state index contributed by atoms with van der Waals surface area (Å²) in [4.78, 5) is 25.9. The molecule has 0 aromatic rings. The highest BCUT2D eigenvalue weighted by atomic mass is 16.6. The molecule has 4 unspecified atom stereocenters. The Bertz CT molecular complexity index is 631. The summed E-state index contributed by atoms with van der Waals surface area (Å²) in [5, 5.41) is 41.4. The molecule has 0 aromatic heterocycles. The van der Waals surface area contributed by atoms with Crippen LogP contribution in [0.2, 0.25) is 0 Å². The molecular weight excluding hydrogens is 775 g/mol. The first-order valence-corrected chi connectivity index (χ1v) is 22.8. The van der Waals surface area contributed by atoms with Crippen molar-refractivity contribution in [3.05, 3.63) is 0 Å². The van der Waals surface area contributed by atoms with Gasteiger partial charge in [0.2, 0.25) is 0 Å². The fourth-order valence-corrected chi connectivity index (χ4v) is 4.96. The van der Waals surface area contributed by atoms with Gasteiger partial charge in [-0.2, -0.15) is 0 Å². The third kappa shape index (κ3) is 95.7. The Labute approximate surface area is 367 Å². The monoisotopic (exact) mass is 876 g/mol. The zero-order valence-electron chi connectivity index (χ0n) is 39.8. The molecule has 2 saturated heterocycles. The van der Waals surface area contributed by atoms with E-state index in [1.807, 2.05) is 0 Å². The molecule has 0 radical (unpaired) electrons. The number of carboxylic acid groups (broad SMARTS) is 5. The Morgan fingerprint density at radius 3 is 0.683 bits per heavy atom. The van der Waals surface area contributed by atoms with Crippen LogP contribution in [0.25, 0.3) is 0 Å². The van der Waals surface area contributed by atoms with Gasteiger partial charge in [0, 0.05) is 26.2 Å². The average molecular weight is 876 g/mol. The van der Waals surface area contributed by atoms with Gasteiger partial charge in [0.05, 0.1) is 26.4 Å². The van der Waals surface area contributed by atoms with Gasteiger partial charge >= 0.3 is 18.4 Å². The van der Waals surface area contributed by atoms with E-state index in [1.165, 1.54) is 103 Å². The molecule has 17 N–H and O–H groups in total. The van der Waals surface area contributed by atoms with Gasteiger partial charge in [-0.25, -0.2) is 14.4 Å². The highest BCUT2D eigenvalue weighted by Gasteiger charge is 2.03. The number of nitrogens with two attached hydrogens (primary N) is 5. The van der Waals surface area contributed by atoms with Crippen molar-refractivity contribution >= 4 is 18.4 Å². The van der Waals surface area contributed by atoms with Crippen molar-refractivity contribution in [2.75, 3.05) is 78.8 Å². The topological polar surface area (TPSA) is 325 Å². The number of amides is 1. The van der Waals surface area contributed by atoms with Crippen LogP contribution in [0.15, 0.2) is 0 Å². The number of nitrogens with one attached hydrogen (secondary N) is 2. The zero-order valence-corrected chi connectivity index (χ0v) is 39.8. The van der Waals surface area contributed by atoms with E-state index in [9.17, 15) is 0 Å². The molecule has 2 rings (SSSR count). The summed E-state index contributed by atoms with van der Waals surface area (Å²) in [7, 11) is 0. The summed E-state index contributed by atoms with van der Waals surface area (Å²) >= 11 is 0. The van der Waals surface area contributed by atoms with Crippen LogP contribution in [0, 0.1) is 23.7 Å². The van der Waals surface area contributed by atoms with Crippen molar-refractivity contribution in [2.45, 2.75) is 158 Å². The number of carbonyl (C=O) groups is 3. The standard InChI is InChI=1S/4C8H19N.2C4H9NO.CH3NO2.2CH2O3/c4*1-3-5-6-8(4-2)7-9;2*1-3-6-4-2-5-1;3*2-1(3)4/h4*8H,3-7,9H2,1-2H3;2*5H,1-4H2;2H2,(H,3,4);2*(H2,2,3,4). The lowest BCUT2D eigenvalue weighted by atomic mass is 10.00. The fourth-order valence-electron chi connectivity index (χ4n) is 4.96. The van der Waals surface area contributed by atoms with Crippen LogP contribution in [0.3, 0.4) is 0 Å². The van der Waals surface area contributed by atoms with E-state index < -0.39 is 18.4 Å². The van der Waals surface area contributed by atoms with Crippen LogP contribution in [0.4, 0.5) is 14.4 Å². The van der Waals surface area contributed by atoms with E-state index in [0.717, 1.165) is 102 Å². The molecule has 2 aliphatic rings. The second kappa shape index (κ2) is 68.2. The van der Waals surface area contributed by atoms with Gasteiger partial charge in [-0.15, -0.1) is 0 Å². The molecule has 4 atom stereocenters. The maximum atomic E-state index is 8.78. The quantitative estimate of drug-likeness (QED) is 0.0552. The van der Waals surface area contributed by atoms with Crippen molar-refractivity contribution < 1.29 is 49.4 Å². The lowest BCUT2D eigenvalue weighted by molar-refractivity contribution is 0.109. The molecule has 0 aliphatic carbocycles. The van der Waals surface area contributed by atoms with Gasteiger partial charge in [0.15, 0.2) is 0 Å². The third-order valence-electron chi connectivity index (χ3n) is 9.20. The molecule has 0 spiro atoms. The molecule has 1 amide bonds. The number of hydrogen-bond donors (Lipinski definition) is 12. The van der Waals surface area contributed by atoms with Crippen molar-refractivity contribution in [1.82, 2.24) is 10.6 Å². The smallest absolute Gasteiger partial charge is 0.465 e. The Morgan fingerprint density at radius 1 is 0.450 bits per heavy atom. The van der Waals surface area contributed by atoms with Gasteiger partial charge in [-0.3, -0.25) is 0 Å². The van der Waals surface area contributed by atoms with Crippen LogP contribution in [-0.2, 0) is 9.47 Å². The minimum atomic E-state index is -1.83. The molecule has 0 bridgehead atoms. The maximum Gasteiger partial charge on any atom is 0.503 e. The van der Waals surface area contributed by atoms with Crippen molar-refractivity contribution in [3.8, 4) is 0 Å². The first-order chi connectivity index (χ1) is 28.6. The van der Waals surface area contributed by atoms with Gasteiger partial charge in [0.1, 0.15) is 0 Å². The van der Waals surface area contributed by atoms with E-state index in [2.05, 4.69) is 71.8 Å². The van der Waals surface area contributed by atoms with Gasteiger partial charge in [0.25, 0.3) is 0 Å². The van der Waals surface area contributed by atoms with E-state index in [1.54, 1.807) is 0 Å². The predicted octanol–water partition coefficient (Wildman–Crippen LogP) is 7.93. The first kappa shape index (κ1) is 72.0. The molecule has 0 aromatic carbocycles. The molecule has 2 fully saturated rings. The highest BCUT2D eigenvalue weighted by Crippen LogP contribution is 2.12. The SMILES string of the molecule is C1COCCN1.C1COCCN1.CCCCC(CC)CN.CCCCC(CC)CN.CCCCC(CC)CN.CCCCC(CC)CN.NC(=O)O.O=C(O)O.O=C(O)O. The molecule has 60 heavy (non-hydrogen) atoms. The molecule has 17 nitrogen and oxygen atoms in total. The molecule has 17 heteroatoms. The summed E-state index contributed by atoms with van der Waals surface area (Å²) in [6, 6.07) is 0. The number of unbranched alkanes of at least 4 members (excludes halogenated alkanes) is 4. The zero-order chi connectivity index (χ0) is 47.7. The maximum absolute atomic E-state index is 8.78. The van der Waals surface area contributed by atoms with E-state index >= 15 is 0 Å². The van der Waals surface area contributed by atoms with E-state index in [-0.39, 0.29) is 0 Å². The van der Waals surface area contributed by atoms with Crippen LogP contribution < -0.4 is 39.3 Å². The molecule has 0 saturated carbocycles. The highest BCUT2D eigenvalue weighted by molar-refractivity contribution is 5.61. The Morgan fingerprint density at radius 2 is 0.617 bits per heavy atom. The van der Waals surface area contributed by atoms with Crippen LogP contribution in [-0.4, -0.2) is 123 Å². The fraction of sp³-hybridized carbons (Fsp3) is 0.930. The summed E-state index contributed by atoms with van der Waals surface area (Å²) in [6.45, 7) is 28.9. The van der Waals surface area contributed by atoms with Gasteiger partial charge < -0.3 is 74.3 Å². The Hall–Kier alpha value is -2.51. The lowest BCUT2D eigenvalue weighted by Crippen LogP contribution is -2.30. The van der Waals surface area contributed by atoms with Crippen LogP contribution >= 0.6 is 0 Å². The van der Waals surface area contributed by atoms with E-state index in [4.69, 9.17) is 72.3 Å². The number of hydrogen-bond acceptors (Lipinski definition) is 11. The summed E-state index contributed by atoms with van der Waals surface area (Å²) < 4.78 is 10.0. The van der Waals surface area contributed by atoms with Crippen molar-refractivity contribution in [1.29, 1.82) is 0 Å². The van der Waals surface area contributed by atoms with Crippen molar-refractivity contribution in [2.24, 2.45) is 52.3 Å². The summed E-state index contributed by atoms with van der Waals surface area (Å²) in [6.07, 6.45) is 15.9. The second-order valence-electron chi connectivity index (χ2n) is 14.2. The third-order valence-corrected chi connectivity index (χ3v) is 9.20. The van der Waals surface area contributed by atoms with Crippen molar-refractivity contribution in [3.63, 3.8) is 0 Å². The second-order valence-corrected chi connectivity index (χ2v) is 14.2. The van der Waals surface area contributed by atoms with Gasteiger partial charge in [-0.1, -0.05) is 132 Å². The molecular formula is C43H101N7O10. The normalized spacial score (nSPS) is 14.2. The Kier molecular flexibility index (Phi) is 81.8. The summed E-state index contributed by atoms with van der Waals surface area (Å²) in [5.41, 5.74) is 26.1. The molecule has 2 heterocycles. The first-order valence-electron chi connectivity index (χ1n) is 22.8. The molecule has 368 valence electrons. The number of morpholine rings is 2. The Balaban J connectivity index is -0.000000107.